The topological polar surface area (TPSA) is 75.3 Å². The number of halogens is 1. The third-order valence-electron chi connectivity index (χ3n) is 3.07. The molecule has 2 aromatic carbocycles. The second kappa shape index (κ2) is 7.48. The Balaban J connectivity index is 1.98. The van der Waals surface area contributed by atoms with Gasteiger partial charge in [-0.2, -0.15) is 0 Å². The van der Waals surface area contributed by atoms with Crippen LogP contribution in [0.3, 0.4) is 0 Å². The molecular formula is C16H17ClN2O3S. The number of rotatable bonds is 6. The van der Waals surface area contributed by atoms with Gasteiger partial charge in [-0.3, -0.25) is 9.52 Å². The molecule has 7 heteroatoms. The highest BCUT2D eigenvalue weighted by molar-refractivity contribution is 7.92. The largest absolute Gasteiger partial charge is 0.352 e. The molecule has 0 unspecified atom stereocenters. The highest BCUT2D eigenvalue weighted by atomic mass is 35.5. The molecule has 0 aliphatic heterocycles. The van der Waals surface area contributed by atoms with Gasteiger partial charge in [-0.25, -0.2) is 8.42 Å². The minimum Gasteiger partial charge on any atom is -0.352 e. The van der Waals surface area contributed by atoms with E-state index in [2.05, 4.69) is 10.0 Å². The van der Waals surface area contributed by atoms with E-state index in [1.807, 2.05) is 0 Å². The number of nitrogens with one attached hydrogen (secondary N) is 2. The summed E-state index contributed by atoms with van der Waals surface area (Å²) in [6, 6.07) is 14.0. The standard InChI is InChI=1S/C16H17ClN2O3S/c1-23(21,22)19-15-5-3-2-4-13(15)11-18-16(20)10-12-6-8-14(17)9-7-12/h2-9,19H,10-11H2,1H3,(H,18,20). The van der Waals surface area contributed by atoms with Gasteiger partial charge in [0.1, 0.15) is 0 Å². The predicted octanol–water partition coefficient (Wildman–Crippen LogP) is 2.57. The average molecular weight is 353 g/mol. The summed E-state index contributed by atoms with van der Waals surface area (Å²) in [5.41, 5.74) is 2.01. The van der Waals surface area contributed by atoms with Gasteiger partial charge in [0.25, 0.3) is 0 Å². The number of hydrogen-bond acceptors (Lipinski definition) is 3. The molecule has 23 heavy (non-hydrogen) atoms. The number of carbonyl (C=O) groups excluding carboxylic acids is 1. The van der Waals surface area contributed by atoms with Crippen molar-refractivity contribution in [3.8, 4) is 0 Å². The van der Waals surface area contributed by atoms with Crippen LogP contribution in [-0.4, -0.2) is 20.6 Å². The Kier molecular flexibility index (Phi) is 5.63. The molecule has 0 saturated carbocycles. The molecule has 2 aromatic rings. The van der Waals surface area contributed by atoms with Crippen LogP contribution >= 0.6 is 11.6 Å². The molecule has 0 fully saturated rings. The van der Waals surface area contributed by atoms with E-state index in [-0.39, 0.29) is 18.9 Å². The number of benzene rings is 2. The average Bonchev–Trinajstić information content (AvgIpc) is 2.47. The van der Waals surface area contributed by atoms with Crippen LogP contribution in [0.4, 0.5) is 5.69 Å². The maximum atomic E-state index is 12.0. The fourth-order valence-electron chi connectivity index (χ4n) is 2.02. The van der Waals surface area contributed by atoms with Gasteiger partial charge in [0, 0.05) is 11.6 Å². The quantitative estimate of drug-likeness (QED) is 0.839. The van der Waals surface area contributed by atoms with Crippen LogP contribution in [0.1, 0.15) is 11.1 Å². The molecule has 0 heterocycles. The Hall–Kier alpha value is -2.05. The summed E-state index contributed by atoms with van der Waals surface area (Å²) in [5.74, 6) is -0.151. The highest BCUT2D eigenvalue weighted by Gasteiger charge is 2.09. The molecule has 0 spiro atoms. The fraction of sp³-hybridized carbons (Fsp3) is 0.188. The van der Waals surface area contributed by atoms with Gasteiger partial charge in [0.2, 0.25) is 15.9 Å². The lowest BCUT2D eigenvalue weighted by Gasteiger charge is -2.11. The Morgan fingerprint density at radius 3 is 2.39 bits per heavy atom. The van der Waals surface area contributed by atoms with E-state index in [0.717, 1.165) is 11.8 Å². The van der Waals surface area contributed by atoms with Crippen molar-refractivity contribution < 1.29 is 13.2 Å². The Bertz CT molecular complexity index is 789. The number of carbonyl (C=O) groups is 1. The normalized spacial score (nSPS) is 11.0. The summed E-state index contributed by atoms with van der Waals surface area (Å²) in [6.45, 7) is 0.241. The Morgan fingerprint density at radius 1 is 1.09 bits per heavy atom. The smallest absolute Gasteiger partial charge is 0.229 e. The SMILES string of the molecule is CS(=O)(=O)Nc1ccccc1CNC(=O)Cc1ccc(Cl)cc1. The molecule has 1 amide bonds. The second-order valence-corrected chi connectivity index (χ2v) is 7.30. The van der Waals surface area contributed by atoms with Gasteiger partial charge >= 0.3 is 0 Å². The van der Waals surface area contributed by atoms with Crippen LogP contribution in [0.15, 0.2) is 48.5 Å². The number of anilines is 1. The van der Waals surface area contributed by atoms with Crippen LogP contribution in [0, 0.1) is 0 Å². The molecule has 0 aliphatic rings. The summed E-state index contributed by atoms with van der Waals surface area (Å²) in [6.07, 6.45) is 1.32. The van der Waals surface area contributed by atoms with E-state index in [1.165, 1.54) is 0 Å². The summed E-state index contributed by atoms with van der Waals surface area (Å²) in [7, 11) is -3.37. The van der Waals surface area contributed by atoms with Crippen molar-refractivity contribution in [3.05, 3.63) is 64.7 Å². The molecule has 0 bridgehead atoms. The van der Waals surface area contributed by atoms with Gasteiger partial charge in [-0.15, -0.1) is 0 Å². The number of hydrogen-bond donors (Lipinski definition) is 2. The molecule has 2 rings (SSSR count). The Labute approximate surface area is 140 Å². The molecule has 122 valence electrons. The zero-order valence-corrected chi connectivity index (χ0v) is 14.1. The van der Waals surface area contributed by atoms with E-state index in [0.29, 0.717) is 16.3 Å². The van der Waals surface area contributed by atoms with Crippen LogP contribution in [0.2, 0.25) is 5.02 Å². The third kappa shape index (κ3) is 5.92. The first-order valence-electron chi connectivity index (χ1n) is 6.90. The third-order valence-corrected chi connectivity index (χ3v) is 3.91. The van der Waals surface area contributed by atoms with Crippen molar-refractivity contribution in [2.45, 2.75) is 13.0 Å². The van der Waals surface area contributed by atoms with Crippen molar-refractivity contribution in [2.24, 2.45) is 0 Å². The van der Waals surface area contributed by atoms with E-state index >= 15 is 0 Å². The molecular weight excluding hydrogens is 336 g/mol. The maximum absolute atomic E-state index is 12.0. The molecule has 0 atom stereocenters. The van der Waals surface area contributed by atoms with Crippen molar-refractivity contribution in [3.63, 3.8) is 0 Å². The minimum atomic E-state index is -3.37. The first-order chi connectivity index (χ1) is 10.8. The van der Waals surface area contributed by atoms with Crippen LogP contribution in [-0.2, 0) is 27.8 Å². The summed E-state index contributed by atoms with van der Waals surface area (Å²) < 4.78 is 25.1. The van der Waals surface area contributed by atoms with E-state index in [9.17, 15) is 13.2 Å². The molecule has 0 radical (unpaired) electrons. The van der Waals surface area contributed by atoms with Crippen molar-refractivity contribution in [2.75, 3.05) is 11.0 Å². The zero-order chi connectivity index (χ0) is 16.9. The molecule has 0 aromatic heterocycles. The lowest BCUT2D eigenvalue weighted by molar-refractivity contribution is -0.120. The highest BCUT2D eigenvalue weighted by Crippen LogP contribution is 2.16. The lowest BCUT2D eigenvalue weighted by Crippen LogP contribution is -2.25. The van der Waals surface area contributed by atoms with Crippen molar-refractivity contribution >= 4 is 33.2 Å². The van der Waals surface area contributed by atoms with Crippen molar-refractivity contribution in [1.29, 1.82) is 0 Å². The second-order valence-electron chi connectivity index (χ2n) is 5.11. The van der Waals surface area contributed by atoms with Gasteiger partial charge < -0.3 is 5.32 Å². The fourth-order valence-corrected chi connectivity index (χ4v) is 2.74. The summed E-state index contributed by atoms with van der Waals surface area (Å²) in [4.78, 5) is 12.0. The van der Waals surface area contributed by atoms with Crippen LogP contribution in [0.5, 0.6) is 0 Å². The van der Waals surface area contributed by atoms with Gasteiger partial charge in [0.15, 0.2) is 0 Å². The predicted molar refractivity (Wildman–Crippen MR) is 91.9 cm³/mol. The minimum absolute atomic E-state index is 0.151. The zero-order valence-electron chi connectivity index (χ0n) is 12.5. The van der Waals surface area contributed by atoms with E-state index in [1.54, 1.807) is 48.5 Å². The van der Waals surface area contributed by atoms with E-state index in [4.69, 9.17) is 11.6 Å². The van der Waals surface area contributed by atoms with Crippen molar-refractivity contribution in [1.82, 2.24) is 5.32 Å². The van der Waals surface area contributed by atoms with Gasteiger partial charge in [-0.1, -0.05) is 41.9 Å². The molecule has 2 N–H and O–H groups in total. The molecule has 5 nitrogen and oxygen atoms in total. The van der Waals surface area contributed by atoms with Gasteiger partial charge in [0.05, 0.1) is 18.4 Å². The first-order valence-corrected chi connectivity index (χ1v) is 9.17. The van der Waals surface area contributed by atoms with Gasteiger partial charge in [-0.05, 0) is 29.3 Å². The molecule has 0 saturated heterocycles. The summed E-state index contributed by atoms with van der Waals surface area (Å²) >= 11 is 5.80. The molecule has 0 aliphatic carbocycles. The maximum Gasteiger partial charge on any atom is 0.229 e. The monoisotopic (exact) mass is 352 g/mol. The number of para-hydroxylation sites is 1. The summed E-state index contributed by atoms with van der Waals surface area (Å²) in [5, 5.41) is 3.40. The van der Waals surface area contributed by atoms with E-state index < -0.39 is 10.0 Å². The Morgan fingerprint density at radius 2 is 1.74 bits per heavy atom. The van der Waals surface area contributed by atoms with Crippen LogP contribution < -0.4 is 10.0 Å². The number of amides is 1. The van der Waals surface area contributed by atoms with Crippen LogP contribution in [0.25, 0.3) is 0 Å². The number of sulfonamides is 1. The lowest BCUT2D eigenvalue weighted by atomic mass is 10.1. The first kappa shape index (κ1) is 17.3.